The Bertz CT molecular complexity index is 456. The minimum atomic E-state index is -3.52. The van der Waals surface area contributed by atoms with E-state index in [1.807, 2.05) is 0 Å². The summed E-state index contributed by atoms with van der Waals surface area (Å²) >= 11 is 0. The summed E-state index contributed by atoms with van der Waals surface area (Å²) < 4.78 is 26.3. The van der Waals surface area contributed by atoms with Crippen LogP contribution in [0.15, 0.2) is 17.2 Å². The van der Waals surface area contributed by atoms with E-state index in [1.54, 1.807) is 13.0 Å². The fourth-order valence-corrected chi connectivity index (χ4v) is 2.72. The Balaban J connectivity index is 0.00000144. The smallest absolute Gasteiger partial charge is 0.260 e. The Hall–Kier alpha value is -0.760. The van der Waals surface area contributed by atoms with Crippen LogP contribution in [0.2, 0.25) is 0 Å². The minimum absolute atomic E-state index is 0. The van der Waals surface area contributed by atoms with Gasteiger partial charge in [-0.2, -0.15) is 5.10 Å². The summed E-state index contributed by atoms with van der Waals surface area (Å²) in [4.78, 5) is 0. The van der Waals surface area contributed by atoms with E-state index in [-0.39, 0.29) is 23.5 Å². The Labute approximate surface area is 107 Å². The van der Waals surface area contributed by atoms with Crippen molar-refractivity contribution in [3.05, 3.63) is 17.8 Å². The van der Waals surface area contributed by atoms with Gasteiger partial charge in [0.15, 0.2) is 5.03 Å². The topological polar surface area (TPSA) is 84.0 Å². The molecular weight excluding hydrogens is 264 g/mol. The summed E-state index contributed by atoms with van der Waals surface area (Å²) in [6.45, 7) is 3.27. The van der Waals surface area contributed by atoms with Gasteiger partial charge in [0.1, 0.15) is 0 Å². The van der Waals surface area contributed by atoms with Gasteiger partial charge < -0.3 is 5.32 Å². The molecule has 1 saturated heterocycles. The Morgan fingerprint density at radius 2 is 2.18 bits per heavy atom. The van der Waals surface area contributed by atoms with Gasteiger partial charge in [-0.15, -0.1) is 17.5 Å². The molecule has 1 atom stereocenters. The predicted octanol–water partition coefficient (Wildman–Crippen LogP) is -0.153. The van der Waals surface area contributed by atoms with E-state index in [1.165, 1.54) is 6.07 Å². The molecule has 0 bridgehead atoms. The second-order valence-electron chi connectivity index (χ2n) is 3.82. The zero-order chi connectivity index (χ0) is 11.6. The third kappa shape index (κ3) is 3.60. The highest BCUT2D eigenvalue weighted by molar-refractivity contribution is 7.89. The molecule has 0 amide bonds. The number of nitrogens with zero attached hydrogens (tertiary/aromatic N) is 2. The van der Waals surface area contributed by atoms with Crippen molar-refractivity contribution in [3.8, 4) is 0 Å². The molecule has 0 aromatic carbocycles. The van der Waals surface area contributed by atoms with Crippen LogP contribution in [0.25, 0.3) is 0 Å². The summed E-state index contributed by atoms with van der Waals surface area (Å²) in [5.41, 5.74) is 0.696. The highest BCUT2D eigenvalue weighted by Crippen LogP contribution is 2.07. The van der Waals surface area contributed by atoms with Gasteiger partial charge >= 0.3 is 0 Å². The van der Waals surface area contributed by atoms with Crippen LogP contribution in [0.4, 0.5) is 0 Å². The largest absolute Gasteiger partial charge is 0.315 e. The first kappa shape index (κ1) is 14.3. The van der Waals surface area contributed by atoms with E-state index < -0.39 is 10.0 Å². The molecule has 2 rings (SSSR count). The second kappa shape index (κ2) is 5.72. The maximum atomic E-state index is 11.9. The highest BCUT2D eigenvalue weighted by atomic mass is 35.5. The van der Waals surface area contributed by atoms with Gasteiger partial charge in [-0.25, -0.2) is 13.1 Å². The monoisotopic (exact) mass is 278 g/mol. The number of halogens is 1. The summed E-state index contributed by atoms with van der Waals surface area (Å²) in [7, 11) is -3.52. The molecular formula is C9H15ClN4O2S. The summed E-state index contributed by atoms with van der Waals surface area (Å²) in [5.74, 6) is 0. The molecule has 0 aliphatic carbocycles. The first-order valence-electron chi connectivity index (χ1n) is 5.11. The van der Waals surface area contributed by atoms with Crippen molar-refractivity contribution >= 4 is 22.4 Å². The SMILES string of the molecule is Cc1ccc(S(=O)(=O)NC2CCNC2)nn1.Cl. The van der Waals surface area contributed by atoms with Gasteiger partial charge in [-0.05, 0) is 32.0 Å². The molecule has 2 N–H and O–H groups in total. The standard InChI is InChI=1S/C9H14N4O2S.ClH/c1-7-2-3-9(12-11-7)16(14,15)13-8-4-5-10-6-8;/h2-3,8,10,13H,4-6H2,1H3;1H. The molecule has 1 aliphatic heterocycles. The van der Waals surface area contributed by atoms with E-state index in [9.17, 15) is 8.42 Å². The van der Waals surface area contributed by atoms with E-state index >= 15 is 0 Å². The number of sulfonamides is 1. The molecule has 1 aliphatic rings. The molecule has 1 aromatic rings. The van der Waals surface area contributed by atoms with Crippen molar-refractivity contribution in [3.63, 3.8) is 0 Å². The third-order valence-electron chi connectivity index (χ3n) is 2.43. The summed E-state index contributed by atoms with van der Waals surface area (Å²) in [5, 5.41) is 10.5. The fourth-order valence-electron chi connectivity index (χ4n) is 1.57. The van der Waals surface area contributed by atoms with E-state index in [0.29, 0.717) is 12.2 Å². The van der Waals surface area contributed by atoms with Crippen molar-refractivity contribution in [1.82, 2.24) is 20.2 Å². The summed E-state index contributed by atoms with van der Waals surface area (Å²) in [6, 6.07) is 3.05. The van der Waals surface area contributed by atoms with Crippen molar-refractivity contribution in [2.24, 2.45) is 0 Å². The van der Waals surface area contributed by atoms with Gasteiger partial charge in [0.25, 0.3) is 10.0 Å². The van der Waals surface area contributed by atoms with Crippen LogP contribution in [0.5, 0.6) is 0 Å². The Morgan fingerprint density at radius 3 is 2.71 bits per heavy atom. The minimum Gasteiger partial charge on any atom is -0.315 e. The molecule has 0 radical (unpaired) electrons. The molecule has 0 saturated carbocycles. The zero-order valence-electron chi connectivity index (χ0n) is 9.38. The fraction of sp³-hybridized carbons (Fsp3) is 0.556. The van der Waals surface area contributed by atoms with Crippen molar-refractivity contribution in [2.45, 2.75) is 24.4 Å². The molecule has 2 heterocycles. The van der Waals surface area contributed by atoms with E-state index in [2.05, 4.69) is 20.2 Å². The molecule has 1 unspecified atom stereocenters. The third-order valence-corrected chi connectivity index (χ3v) is 3.84. The van der Waals surface area contributed by atoms with Crippen LogP contribution in [-0.2, 0) is 10.0 Å². The van der Waals surface area contributed by atoms with Gasteiger partial charge in [-0.3, -0.25) is 0 Å². The molecule has 96 valence electrons. The quantitative estimate of drug-likeness (QED) is 0.803. The maximum Gasteiger partial charge on any atom is 0.260 e. The van der Waals surface area contributed by atoms with Crippen LogP contribution >= 0.6 is 12.4 Å². The van der Waals surface area contributed by atoms with Gasteiger partial charge in [-0.1, -0.05) is 0 Å². The van der Waals surface area contributed by atoms with Gasteiger partial charge in [0.05, 0.1) is 5.69 Å². The molecule has 17 heavy (non-hydrogen) atoms. The molecule has 1 aromatic heterocycles. The zero-order valence-corrected chi connectivity index (χ0v) is 11.0. The number of hydrogen-bond acceptors (Lipinski definition) is 5. The van der Waals surface area contributed by atoms with Crippen LogP contribution in [-0.4, -0.2) is 37.7 Å². The first-order valence-corrected chi connectivity index (χ1v) is 6.59. The summed E-state index contributed by atoms with van der Waals surface area (Å²) in [6.07, 6.45) is 0.804. The first-order chi connectivity index (χ1) is 7.58. The maximum absolute atomic E-state index is 11.9. The number of aryl methyl sites for hydroxylation is 1. The molecule has 6 nitrogen and oxygen atoms in total. The molecule has 1 fully saturated rings. The lowest BCUT2D eigenvalue weighted by molar-refractivity contribution is 0.554. The number of nitrogens with one attached hydrogen (secondary N) is 2. The van der Waals surface area contributed by atoms with Crippen molar-refractivity contribution in [2.75, 3.05) is 13.1 Å². The molecule has 8 heteroatoms. The number of aromatic nitrogens is 2. The van der Waals surface area contributed by atoms with Gasteiger partial charge in [0, 0.05) is 12.6 Å². The molecule has 0 spiro atoms. The van der Waals surface area contributed by atoms with E-state index in [4.69, 9.17) is 0 Å². The Kier molecular flexibility index (Phi) is 4.81. The van der Waals surface area contributed by atoms with Crippen molar-refractivity contribution < 1.29 is 8.42 Å². The van der Waals surface area contributed by atoms with Crippen LogP contribution in [0.3, 0.4) is 0 Å². The van der Waals surface area contributed by atoms with Gasteiger partial charge in [0.2, 0.25) is 0 Å². The number of rotatable bonds is 3. The normalized spacial score (nSPS) is 19.9. The highest BCUT2D eigenvalue weighted by Gasteiger charge is 2.23. The van der Waals surface area contributed by atoms with E-state index in [0.717, 1.165) is 13.0 Å². The van der Waals surface area contributed by atoms with Crippen LogP contribution in [0.1, 0.15) is 12.1 Å². The average molecular weight is 279 g/mol. The lowest BCUT2D eigenvalue weighted by Gasteiger charge is -2.10. The van der Waals surface area contributed by atoms with Crippen LogP contribution in [0, 0.1) is 6.92 Å². The lowest BCUT2D eigenvalue weighted by atomic mass is 10.3. The van der Waals surface area contributed by atoms with Crippen LogP contribution < -0.4 is 10.0 Å². The number of hydrogen-bond donors (Lipinski definition) is 2. The predicted molar refractivity (Wildman–Crippen MR) is 65.6 cm³/mol. The lowest BCUT2D eigenvalue weighted by Crippen LogP contribution is -2.36. The second-order valence-corrected chi connectivity index (χ2v) is 5.48. The Morgan fingerprint density at radius 1 is 1.41 bits per heavy atom. The van der Waals surface area contributed by atoms with Crippen molar-refractivity contribution in [1.29, 1.82) is 0 Å². The average Bonchev–Trinajstić information content (AvgIpc) is 2.70.